The molecule has 5 heteroatoms. The molecule has 1 aromatic heterocycles. The maximum absolute atomic E-state index is 12.7. The highest BCUT2D eigenvalue weighted by Crippen LogP contribution is 2.27. The van der Waals surface area contributed by atoms with Gasteiger partial charge in [0.25, 0.3) is 5.91 Å². The molecule has 0 aliphatic heterocycles. The number of thioether (sulfide) groups is 1. The summed E-state index contributed by atoms with van der Waals surface area (Å²) < 4.78 is 5.14. The van der Waals surface area contributed by atoms with Crippen LogP contribution in [-0.2, 0) is 11.3 Å². The molecule has 2 aromatic carbocycles. The molecule has 3 aromatic rings. The smallest absolute Gasteiger partial charge is 0.251 e. The topological polar surface area (TPSA) is 51.2 Å². The molecule has 0 fully saturated rings. The molecule has 0 unspecified atom stereocenters. The Labute approximate surface area is 199 Å². The molecule has 1 heterocycles. The standard InChI is InChI=1S/C28H28N2O2S/c1-20-11-12-25(17-27(20)33-19-32-2)28(31)30-18-26-16-24(13-14-29-26)23-10-6-9-22(15-23)21-7-4-3-5-8-21/h4,6-17H,3,5,18-19H2,1-2H3,(H,30,31). The predicted octanol–water partition coefficient (Wildman–Crippen LogP) is 6.42. The lowest BCUT2D eigenvalue weighted by atomic mass is 9.96. The van der Waals surface area contributed by atoms with E-state index in [4.69, 9.17) is 4.74 Å². The Kier molecular flexibility index (Phi) is 7.76. The summed E-state index contributed by atoms with van der Waals surface area (Å²) in [5.74, 6) is 0.441. The first-order valence-corrected chi connectivity index (χ1v) is 12.1. The van der Waals surface area contributed by atoms with Gasteiger partial charge in [-0.1, -0.05) is 54.3 Å². The lowest BCUT2D eigenvalue weighted by Gasteiger charge is -2.11. The number of nitrogens with zero attached hydrogens (tertiary/aromatic N) is 1. The van der Waals surface area contributed by atoms with Crippen LogP contribution in [0.5, 0.6) is 0 Å². The first-order valence-electron chi connectivity index (χ1n) is 11.1. The monoisotopic (exact) mass is 456 g/mol. The Hall–Kier alpha value is -3.15. The Morgan fingerprint density at radius 2 is 1.91 bits per heavy atom. The lowest BCUT2D eigenvalue weighted by Crippen LogP contribution is -2.23. The van der Waals surface area contributed by atoms with E-state index in [1.54, 1.807) is 25.1 Å². The Balaban J connectivity index is 1.45. The number of nitrogens with one attached hydrogen (secondary N) is 1. The van der Waals surface area contributed by atoms with Crippen LogP contribution in [0, 0.1) is 6.92 Å². The quantitative estimate of drug-likeness (QED) is 0.314. The third-order valence-corrected chi connectivity index (χ3v) is 6.66. The summed E-state index contributed by atoms with van der Waals surface area (Å²) in [5.41, 5.74) is 7.30. The van der Waals surface area contributed by atoms with Crippen LogP contribution in [0.15, 0.2) is 83.9 Å². The van der Waals surface area contributed by atoms with Gasteiger partial charge in [0.2, 0.25) is 0 Å². The van der Waals surface area contributed by atoms with Gasteiger partial charge in [0.05, 0.1) is 18.2 Å². The highest BCUT2D eigenvalue weighted by Gasteiger charge is 2.10. The predicted molar refractivity (Wildman–Crippen MR) is 136 cm³/mol. The molecular weight excluding hydrogens is 428 g/mol. The molecule has 1 aliphatic rings. The summed E-state index contributed by atoms with van der Waals surface area (Å²) in [6.45, 7) is 2.40. The molecule has 1 aliphatic carbocycles. The van der Waals surface area contributed by atoms with Gasteiger partial charge in [0, 0.05) is 23.8 Å². The average Bonchev–Trinajstić information content (AvgIpc) is 2.87. The highest BCUT2D eigenvalue weighted by molar-refractivity contribution is 7.99. The third-order valence-electron chi connectivity index (χ3n) is 5.55. The second-order valence-electron chi connectivity index (χ2n) is 7.97. The molecule has 0 atom stereocenters. The summed E-state index contributed by atoms with van der Waals surface area (Å²) in [7, 11) is 1.67. The van der Waals surface area contributed by atoms with Crippen LogP contribution < -0.4 is 5.32 Å². The van der Waals surface area contributed by atoms with E-state index in [1.165, 1.54) is 11.1 Å². The number of aryl methyl sites for hydroxylation is 1. The van der Waals surface area contributed by atoms with E-state index >= 15 is 0 Å². The van der Waals surface area contributed by atoms with Gasteiger partial charge >= 0.3 is 0 Å². The van der Waals surface area contributed by atoms with E-state index in [0.29, 0.717) is 18.0 Å². The number of methoxy groups -OCH3 is 1. The molecule has 0 saturated carbocycles. The fourth-order valence-corrected chi connectivity index (χ4v) is 4.50. The van der Waals surface area contributed by atoms with E-state index in [2.05, 4.69) is 52.8 Å². The van der Waals surface area contributed by atoms with Gasteiger partial charge in [-0.25, -0.2) is 0 Å². The van der Waals surface area contributed by atoms with Crippen molar-refractivity contribution >= 4 is 23.2 Å². The van der Waals surface area contributed by atoms with Gasteiger partial charge in [-0.3, -0.25) is 9.78 Å². The van der Waals surface area contributed by atoms with Crippen molar-refractivity contribution in [1.82, 2.24) is 10.3 Å². The molecule has 0 radical (unpaired) electrons. The van der Waals surface area contributed by atoms with E-state index in [0.717, 1.165) is 40.1 Å². The summed E-state index contributed by atoms with van der Waals surface area (Å²) in [4.78, 5) is 18.2. The number of carbonyl (C=O) groups is 1. The van der Waals surface area contributed by atoms with Gasteiger partial charge in [-0.05, 0) is 77.9 Å². The van der Waals surface area contributed by atoms with Crippen LogP contribution in [0.3, 0.4) is 0 Å². The fraction of sp³-hybridized carbons (Fsp3) is 0.214. The fourth-order valence-electron chi connectivity index (χ4n) is 3.75. The van der Waals surface area contributed by atoms with Crippen LogP contribution in [0.4, 0.5) is 0 Å². The van der Waals surface area contributed by atoms with Crippen molar-refractivity contribution in [3.63, 3.8) is 0 Å². The van der Waals surface area contributed by atoms with Crippen LogP contribution in [0.2, 0.25) is 0 Å². The van der Waals surface area contributed by atoms with Gasteiger partial charge in [-0.15, -0.1) is 0 Å². The van der Waals surface area contributed by atoms with Crippen molar-refractivity contribution < 1.29 is 9.53 Å². The first-order chi connectivity index (χ1) is 16.1. The maximum atomic E-state index is 12.7. The van der Waals surface area contributed by atoms with Crippen molar-refractivity contribution in [1.29, 1.82) is 0 Å². The van der Waals surface area contributed by atoms with E-state index in [1.807, 2.05) is 37.3 Å². The Morgan fingerprint density at radius 3 is 2.73 bits per heavy atom. The van der Waals surface area contributed by atoms with Crippen molar-refractivity contribution in [2.45, 2.75) is 31.2 Å². The second-order valence-corrected chi connectivity index (χ2v) is 8.93. The zero-order valence-corrected chi connectivity index (χ0v) is 19.8. The number of benzene rings is 2. The zero-order valence-electron chi connectivity index (χ0n) is 19.0. The molecule has 0 spiro atoms. The summed E-state index contributed by atoms with van der Waals surface area (Å²) in [5, 5.41) is 3.00. The van der Waals surface area contributed by atoms with Crippen molar-refractivity contribution in [2.24, 2.45) is 0 Å². The number of carbonyl (C=O) groups excluding carboxylic acids is 1. The van der Waals surface area contributed by atoms with Gasteiger partial charge in [0.15, 0.2) is 0 Å². The lowest BCUT2D eigenvalue weighted by molar-refractivity contribution is 0.0950. The minimum Gasteiger partial charge on any atom is -0.374 e. The summed E-state index contributed by atoms with van der Waals surface area (Å²) >= 11 is 1.58. The summed E-state index contributed by atoms with van der Waals surface area (Å²) in [6, 6.07) is 18.3. The third kappa shape index (κ3) is 6.01. The zero-order chi connectivity index (χ0) is 23.0. The van der Waals surface area contributed by atoms with Crippen molar-refractivity contribution in [3.8, 4) is 11.1 Å². The molecule has 1 amide bonds. The molecule has 33 heavy (non-hydrogen) atoms. The maximum Gasteiger partial charge on any atom is 0.251 e. The van der Waals surface area contributed by atoms with Crippen LogP contribution in [0.25, 0.3) is 16.7 Å². The summed E-state index contributed by atoms with van der Waals surface area (Å²) in [6.07, 6.45) is 10.7. The molecule has 168 valence electrons. The normalized spacial score (nSPS) is 13.0. The van der Waals surface area contributed by atoms with Gasteiger partial charge in [-0.2, -0.15) is 0 Å². The van der Waals surface area contributed by atoms with Gasteiger partial charge < -0.3 is 10.1 Å². The van der Waals surface area contributed by atoms with Gasteiger partial charge in [0.1, 0.15) is 0 Å². The van der Waals surface area contributed by atoms with E-state index in [9.17, 15) is 4.79 Å². The second kappa shape index (κ2) is 11.1. The molecular formula is C28H28N2O2S. The van der Waals surface area contributed by atoms with Crippen LogP contribution in [-0.4, -0.2) is 23.9 Å². The van der Waals surface area contributed by atoms with Crippen molar-refractivity contribution in [2.75, 3.05) is 13.0 Å². The number of amides is 1. The molecule has 4 nitrogen and oxygen atoms in total. The van der Waals surface area contributed by atoms with Crippen LogP contribution in [0.1, 0.15) is 40.0 Å². The minimum absolute atomic E-state index is 0.112. The van der Waals surface area contributed by atoms with Crippen LogP contribution >= 0.6 is 11.8 Å². The number of aromatic nitrogens is 1. The largest absolute Gasteiger partial charge is 0.374 e. The number of allylic oxidation sites excluding steroid dienone is 4. The average molecular weight is 457 g/mol. The Morgan fingerprint density at radius 1 is 1.06 bits per heavy atom. The molecule has 4 rings (SSSR count). The number of ether oxygens (including phenoxy) is 1. The SMILES string of the molecule is COCSc1cc(C(=O)NCc2cc(-c3cccc(C4=CCCC=C4)c3)ccn2)ccc1C. The highest BCUT2D eigenvalue weighted by atomic mass is 32.2. The number of hydrogen-bond donors (Lipinski definition) is 1. The first kappa shape index (κ1) is 23.0. The Bertz CT molecular complexity index is 1200. The minimum atomic E-state index is -0.112. The molecule has 0 saturated heterocycles. The number of pyridine rings is 1. The van der Waals surface area contributed by atoms with E-state index in [-0.39, 0.29) is 5.91 Å². The molecule has 1 N–H and O–H groups in total. The number of hydrogen-bond acceptors (Lipinski definition) is 4. The number of rotatable bonds is 8. The van der Waals surface area contributed by atoms with E-state index < -0.39 is 0 Å². The van der Waals surface area contributed by atoms with Crippen molar-refractivity contribution in [3.05, 3.63) is 101 Å². The molecule has 0 bridgehead atoms.